The Bertz CT molecular complexity index is 3600. The fraction of sp³-hybridized carbons (Fsp3) is 0.188. The van der Waals surface area contributed by atoms with Crippen LogP contribution in [0.2, 0.25) is 0 Å². The molecule has 0 saturated carbocycles. The molecule has 3 heterocycles. The zero-order valence-corrected chi connectivity index (χ0v) is 42.1. The van der Waals surface area contributed by atoms with E-state index in [1.165, 1.54) is 70.5 Å². The lowest BCUT2D eigenvalue weighted by Crippen LogP contribution is -2.74. The van der Waals surface area contributed by atoms with Crippen molar-refractivity contribution in [2.45, 2.75) is 79.1 Å². The lowest BCUT2D eigenvalue weighted by molar-refractivity contribution is 0.811. The van der Waals surface area contributed by atoms with E-state index in [2.05, 4.69) is 259 Å². The maximum atomic E-state index is 5.53. The molecule has 0 bridgehead atoms. The molecule has 4 nitrogen and oxygen atoms in total. The molecule has 0 aliphatic carbocycles. The SMILES string of the molecule is CC(C)c1cccc(C(C)C)c1-c1cnc2c3cc([Si](c4ccccc4)(c4ccccc4)c4cccc(-c5nc6ccccc6n5-c5c(C(C)C)cccc5C(C)C)c4)ccc3c3ccccc3n12. The molecule has 0 fully saturated rings. The van der Waals surface area contributed by atoms with E-state index >= 15 is 0 Å². The van der Waals surface area contributed by atoms with E-state index in [0.29, 0.717) is 23.7 Å². The average molecular weight is 913 g/mol. The first kappa shape index (κ1) is 44.2. The summed E-state index contributed by atoms with van der Waals surface area (Å²) < 4.78 is 4.91. The first-order valence-electron chi connectivity index (χ1n) is 24.9. The predicted octanol–water partition coefficient (Wildman–Crippen LogP) is 14.2. The zero-order valence-electron chi connectivity index (χ0n) is 41.1. The highest BCUT2D eigenvalue weighted by atomic mass is 28.3. The molecule has 0 radical (unpaired) electrons. The lowest BCUT2D eigenvalue weighted by Gasteiger charge is -2.35. The van der Waals surface area contributed by atoms with Crippen molar-refractivity contribution in [2.75, 3.05) is 0 Å². The van der Waals surface area contributed by atoms with Crippen LogP contribution in [0.5, 0.6) is 0 Å². The van der Waals surface area contributed by atoms with E-state index in [-0.39, 0.29) is 0 Å². The quantitative estimate of drug-likeness (QED) is 0.0736. The standard InChI is InChI=1S/C64H60N4Si/c1-41(2)50-29-20-30-51(42(3)4)61(50)60-40-65-64-56-39-49(36-37-54(56)55-28-15-17-34-58(55)67(60)64)69(46-23-11-9-12-24-46,47-25-13-10-14-26-47)48-27-19-22-45(38-48)63-66-57-33-16-18-35-59(57)68(63)62-52(43(5)6)31-21-32-53(62)44(7)8/h9-44H,1-8H3. The van der Waals surface area contributed by atoms with Gasteiger partial charge < -0.3 is 0 Å². The number of fused-ring (bicyclic) bond motifs is 7. The number of imidazole rings is 2. The van der Waals surface area contributed by atoms with Crippen molar-refractivity contribution in [3.05, 3.63) is 217 Å². The van der Waals surface area contributed by atoms with Crippen LogP contribution in [0, 0.1) is 0 Å². The third-order valence-corrected chi connectivity index (χ3v) is 19.4. The fourth-order valence-electron chi connectivity index (χ4n) is 11.4. The highest BCUT2D eigenvalue weighted by molar-refractivity contribution is 7.20. The summed E-state index contributed by atoms with van der Waals surface area (Å²) in [5.41, 5.74) is 14.4. The first-order valence-corrected chi connectivity index (χ1v) is 26.9. The van der Waals surface area contributed by atoms with Gasteiger partial charge in [0.2, 0.25) is 0 Å². The predicted molar refractivity (Wildman–Crippen MR) is 296 cm³/mol. The molecule has 0 unspecified atom stereocenters. The molecular weight excluding hydrogens is 853 g/mol. The van der Waals surface area contributed by atoms with Gasteiger partial charge in [-0.15, -0.1) is 0 Å². The Morgan fingerprint density at radius 3 is 1.57 bits per heavy atom. The summed E-state index contributed by atoms with van der Waals surface area (Å²) in [5.74, 6) is 2.29. The van der Waals surface area contributed by atoms with Crippen LogP contribution in [0.15, 0.2) is 194 Å². The Morgan fingerprint density at radius 1 is 0.420 bits per heavy atom. The van der Waals surface area contributed by atoms with Crippen LogP contribution in [-0.2, 0) is 0 Å². The molecule has 5 heteroatoms. The number of rotatable bonds is 11. The minimum atomic E-state index is -3.11. The summed E-state index contributed by atoms with van der Waals surface area (Å²) in [6.45, 7) is 18.4. The molecule has 0 aliphatic rings. The highest BCUT2D eigenvalue weighted by Gasteiger charge is 2.42. The molecule has 8 aromatic carbocycles. The normalized spacial score (nSPS) is 12.3. The second kappa shape index (κ2) is 17.6. The van der Waals surface area contributed by atoms with Gasteiger partial charge in [-0.25, -0.2) is 9.97 Å². The van der Waals surface area contributed by atoms with Crippen molar-refractivity contribution in [3.8, 4) is 28.3 Å². The van der Waals surface area contributed by atoms with Gasteiger partial charge in [-0.2, -0.15) is 0 Å². The van der Waals surface area contributed by atoms with Crippen molar-refractivity contribution in [3.63, 3.8) is 0 Å². The number of hydrogen-bond acceptors (Lipinski definition) is 2. The van der Waals surface area contributed by atoms with Crippen molar-refractivity contribution in [2.24, 2.45) is 0 Å². The lowest BCUT2D eigenvalue weighted by atomic mass is 9.87. The number of para-hydroxylation sites is 4. The van der Waals surface area contributed by atoms with E-state index in [0.717, 1.165) is 39.1 Å². The topological polar surface area (TPSA) is 35.1 Å². The van der Waals surface area contributed by atoms with Crippen LogP contribution in [0.25, 0.3) is 66.7 Å². The van der Waals surface area contributed by atoms with Gasteiger partial charge in [-0.3, -0.25) is 8.97 Å². The van der Waals surface area contributed by atoms with Crippen molar-refractivity contribution in [1.82, 2.24) is 18.9 Å². The van der Waals surface area contributed by atoms with Crippen LogP contribution in [-0.4, -0.2) is 27.0 Å². The monoisotopic (exact) mass is 912 g/mol. The van der Waals surface area contributed by atoms with E-state index < -0.39 is 8.07 Å². The minimum absolute atomic E-state index is 0.320. The molecule has 340 valence electrons. The maximum absolute atomic E-state index is 5.53. The minimum Gasteiger partial charge on any atom is -0.292 e. The fourth-order valence-corrected chi connectivity index (χ4v) is 16.2. The van der Waals surface area contributed by atoms with Gasteiger partial charge in [-0.1, -0.05) is 225 Å². The van der Waals surface area contributed by atoms with Gasteiger partial charge in [0.15, 0.2) is 8.07 Å². The van der Waals surface area contributed by atoms with Crippen LogP contribution in [0.1, 0.15) is 101 Å². The van der Waals surface area contributed by atoms with Gasteiger partial charge in [0, 0.05) is 21.9 Å². The molecule has 69 heavy (non-hydrogen) atoms. The molecule has 0 amide bonds. The molecule has 11 aromatic rings. The third kappa shape index (κ3) is 7.17. The van der Waals surface area contributed by atoms with Crippen LogP contribution in [0.3, 0.4) is 0 Å². The van der Waals surface area contributed by atoms with Crippen molar-refractivity contribution >= 4 is 67.2 Å². The zero-order chi connectivity index (χ0) is 47.6. The molecule has 0 N–H and O–H groups in total. The Kier molecular flexibility index (Phi) is 11.3. The smallest absolute Gasteiger partial charge is 0.179 e. The van der Waals surface area contributed by atoms with Gasteiger partial charge in [-0.05, 0) is 90.3 Å². The molecular formula is C64H60N4Si. The first-order chi connectivity index (χ1) is 33.6. The van der Waals surface area contributed by atoms with Crippen molar-refractivity contribution in [1.29, 1.82) is 0 Å². The Labute approximate surface area is 408 Å². The summed E-state index contributed by atoms with van der Waals surface area (Å²) in [5, 5.41) is 8.81. The molecule has 0 saturated heterocycles. The summed E-state index contributed by atoms with van der Waals surface area (Å²) in [4.78, 5) is 11.0. The van der Waals surface area contributed by atoms with E-state index in [4.69, 9.17) is 9.97 Å². The number of nitrogens with zero attached hydrogens (tertiary/aromatic N) is 4. The number of hydrogen-bond donors (Lipinski definition) is 0. The van der Waals surface area contributed by atoms with E-state index in [1.54, 1.807) is 0 Å². The van der Waals surface area contributed by atoms with Gasteiger partial charge in [0.1, 0.15) is 11.5 Å². The third-order valence-electron chi connectivity index (χ3n) is 14.6. The van der Waals surface area contributed by atoms with E-state index in [1.807, 2.05) is 0 Å². The Morgan fingerprint density at radius 2 is 0.942 bits per heavy atom. The summed E-state index contributed by atoms with van der Waals surface area (Å²) in [6, 6.07) is 70.5. The van der Waals surface area contributed by atoms with Crippen molar-refractivity contribution < 1.29 is 0 Å². The van der Waals surface area contributed by atoms with E-state index in [9.17, 15) is 0 Å². The molecule has 0 spiro atoms. The second-order valence-electron chi connectivity index (χ2n) is 20.1. The Balaban J connectivity index is 1.23. The number of pyridine rings is 1. The number of aromatic nitrogens is 4. The van der Waals surface area contributed by atoms with Crippen LogP contribution in [0.4, 0.5) is 0 Å². The molecule has 0 atom stereocenters. The second-order valence-corrected chi connectivity index (χ2v) is 23.9. The molecule has 3 aromatic heterocycles. The molecule has 0 aliphatic heterocycles. The summed E-state index contributed by atoms with van der Waals surface area (Å²) in [7, 11) is -3.11. The summed E-state index contributed by atoms with van der Waals surface area (Å²) >= 11 is 0. The average Bonchev–Trinajstić information content (AvgIpc) is 4.00. The largest absolute Gasteiger partial charge is 0.292 e. The molecule has 11 rings (SSSR count). The Hall–Kier alpha value is -7.34. The maximum Gasteiger partial charge on any atom is 0.179 e. The summed E-state index contributed by atoms with van der Waals surface area (Å²) in [6.07, 6.45) is 2.14. The van der Waals surface area contributed by atoms with Crippen LogP contribution < -0.4 is 20.7 Å². The van der Waals surface area contributed by atoms with Gasteiger partial charge >= 0.3 is 0 Å². The number of benzene rings is 8. The van der Waals surface area contributed by atoms with Gasteiger partial charge in [0.25, 0.3) is 0 Å². The van der Waals surface area contributed by atoms with Gasteiger partial charge in [0.05, 0.1) is 34.1 Å². The highest BCUT2D eigenvalue weighted by Crippen LogP contribution is 2.41. The van der Waals surface area contributed by atoms with Crippen LogP contribution >= 0.6 is 0 Å².